The highest BCUT2D eigenvalue weighted by molar-refractivity contribution is 7.98. The molecule has 1 amide bonds. The van der Waals surface area contributed by atoms with Gasteiger partial charge in [-0.05, 0) is 49.3 Å². The van der Waals surface area contributed by atoms with E-state index >= 15 is 0 Å². The van der Waals surface area contributed by atoms with Crippen molar-refractivity contribution in [2.45, 2.75) is 49.7 Å². The molecule has 1 saturated carbocycles. The van der Waals surface area contributed by atoms with Gasteiger partial charge in [-0.2, -0.15) is 0 Å². The second-order valence-corrected chi connectivity index (χ2v) is 7.69. The Labute approximate surface area is 170 Å². The van der Waals surface area contributed by atoms with Crippen molar-refractivity contribution in [1.29, 1.82) is 0 Å². The Morgan fingerprint density at radius 1 is 1.36 bits per heavy atom. The molecule has 2 aromatic rings. The highest BCUT2D eigenvalue weighted by Gasteiger charge is 2.23. The van der Waals surface area contributed by atoms with Crippen LogP contribution in [-0.2, 0) is 11.2 Å². The number of nitrogens with one attached hydrogen (secondary N) is 1. The van der Waals surface area contributed by atoms with E-state index in [0.29, 0.717) is 12.6 Å². The van der Waals surface area contributed by atoms with E-state index < -0.39 is 0 Å². The number of benzene rings is 1. The second-order valence-electron chi connectivity index (χ2n) is 6.92. The Balaban J connectivity index is 1.47. The second kappa shape index (κ2) is 10.3. The third kappa shape index (κ3) is 5.38. The average Bonchev–Trinajstić information content (AvgIpc) is 3.39. The monoisotopic (exact) mass is 400 g/mol. The van der Waals surface area contributed by atoms with Gasteiger partial charge < -0.3 is 14.6 Å². The number of methoxy groups -OCH3 is 1. The Hall–Kier alpha value is -2.28. The highest BCUT2D eigenvalue weighted by Crippen LogP contribution is 2.33. The number of thioether (sulfide) groups is 1. The third-order valence-corrected chi connectivity index (χ3v) is 5.65. The number of rotatable bonds is 9. The number of aryl methyl sites for hydroxylation is 1. The molecule has 1 N–H and O–H groups in total. The lowest BCUT2D eigenvalue weighted by atomic mass is 10.2. The molecule has 6 nitrogen and oxygen atoms in total. The molecule has 0 radical (unpaired) electrons. The number of hydrogen-bond donors (Lipinski definition) is 1. The minimum atomic E-state index is -0.0927. The van der Waals surface area contributed by atoms with Gasteiger partial charge in [0.2, 0.25) is 5.91 Å². The maximum Gasteiger partial charge on any atom is 0.243 e. The van der Waals surface area contributed by atoms with Crippen LogP contribution in [0.25, 0.3) is 6.08 Å². The molecule has 0 unspecified atom stereocenters. The molecule has 1 heterocycles. The fourth-order valence-corrected chi connectivity index (χ4v) is 4.15. The van der Waals surface area contributed by atoms with E-state index in [9.17, 15) is 4.79 Å². The van der Waals surface area contributed by atoms with Crippen LogP contribution >= 0.6 is 11.8 Å². The van der Waals surface area contributed by atoms with Gasteiger partial charge in [-0.25, -0.2) is 0 Å². The first-order valence-electron chi connectivity index (χ1n) is 9.79. The van der Waals surface area contributed by atoms with Crippen LogP contribution in [-0.4, -0.2) is 40.6 Å². The number of carbonyl (C=O) groups is 1. The van der Waals surface area contributed by atoms with Crippen molar-refractivity contribution in [3.63, 3.8) is 0 Å². The van der Waals surface area contributed by atoms with Gasteiger partial charge in [0, 0.05) is 25.1 Å². The lowest BCUT2D eigenvalue weighted by Crippen LogP contribution is -2.23. The fraction of sp³-hybridized carbons (Fsp3) is 0.476. The van der Waals surface area contributed by atoms with Crippen molar-refractivity contribution in [2.75, 3.05) is 19.9 Å². The summed E-state index contributed by atoms with van der Waals surface area (Å²) in [6, 6.07) is 8.14. The zero-order valence-electron chi connectivity index (χ0n) is 16.6. The first-order chi connectivity index (χ1) is 13.7. The van der Waals surface area contributed by atoms with Crippen molar-refractivity contribution >= 4 is 23.7 Å². The van der Waals surface area contributed by atoms with Crippen LogP contribution in [0.3, 0.4) is 0 Å². The summed E-state index contributed by atoms with van der Waals surface area (Å²) in [7, 11) is 1.63. The van der Waals surface area contributed by atoms with Gasteiger partial charge in [-0.3, -0.25) is 4.79 Å². The van der Waals surface area contributed by atoms with Gasteiger partial charge in [-0.1, -0.05) is 36.7 Å². The number of aromatic nitrogens is 3. The Morgan fingerprint density at radius 2 is 2.18 bits per heavy atom. The maximum atomic E-state index is 12.0. The molecule has 1 aromatic carbocycles. The number of nitrogens with zero attached hydrogens (tertiary/aromatic N) is 3. The molecule has 0 saturated heterocycles. The SMILES string of the molecule is COc1cccc(C=CC(=O)NCCCc2nnc(SC)n2C2CCCC2)c1. The molecular formula is C21H28N4O2S. The Morgan fingerprint density at radius 3 is 2.93 bits per heavy atom. The van der Waals surface area contributed by atoms with Gasteiger partial charge in [0.1, 0.15) is 11.6 Å². The molecule has 7 heteroatoms. The van der Waals surface area contributed by atoms with Crippen molar-refractivity contribution in [3.8, 4) is 5.75 Å². The zero-order valence-corrected chi connectivity index (χ0v) is 17.4. The normalized spacial score (nSPS) is 14.6. The Bertz CT molecular complexity index is 812. The van der Waals surface area contributed by atoms with E-state index in [1.807, 2.05) is 30.5 Å². The summed E-state index contributed by atoms with van der Waals surface area (Å²) >= 11 is 1.66. The van der Waals surface area contributed by atoms with Crippen molar-refractivity contribution in [2.24, 2.45) is 0 Å². The number of amides is 1. The van der Waals surface area contributed by atoms with E-state index in [-0.39, 0.29) is 5.91 Å². The number of ether oxygens (including phenoxy) is 1. The van der Waals surface area contributed by atoms with E-state index in [1.165, 1.54) is 25.7 Å². The largest absolute Gasteiger partial charge is 0.497 e. The molecule has 1 aliphatic rings. The minimum absolute atomic E-state index is 0.0927. The third-order valence-electron chi connectivity index (χ3n) is 5.00. The minimum Gasteiger partial charge on any atom is -0.497 e. The average molecular weight is 401 g/mol. The summed E-state index contributed by atoms with van der Waals surface area (Å²) in [5.41, 5.74) is 0.934. The summed E-state index contributed by atoms with van der Waals surface area (Å²) < 4.78 is 7.51. The van der Waals surface area contributed by atoms with E-state index in [4.69, 9.17) is 4.74 Å². The molecule has 150 valence electrons. The van der Waals surface area contributed by atoms with Crippen LogP contribution in [0.4, 0.5) is 0 Å². The molecule has 0 spiro atoms. The molecule has 1 aliphatic carbocycles. The van der Waals surface area contributed by atoms with Crippen molar-refractivity contribution in [3.05, 3.63) is 41.7 Å². The van der Waals surface area contributed by atoms with Crippen molar-refractivity contribution in [1.82, 2.24) is 20.1 Å². The molecular weight excluding hydrogens is 372 g/mol. The highest BCUT2D eigenvalue weighted by atomic mass is 32.2. The van der Waals surface area contributed by atoms with Crippen LogP contribution in [0.5, 0.6) is 5.75 Å². The van der Waals surface area contributed by atoms with Crippen LogP contribution in [0.1, 0.15) is 49.5 Å². The number of hydrogen-bond acceptors (Lipinski definition) is 5. The maximum absolute atomic E-state index is 12.0. The van der Waals surface area contributed by atoms with E-state index in [2.05, 4.69) is 20.1 Å². The first kappa shape index (κ1) is 20.5. The van der Waals surface area contributed by atoms with Gasteiger partial charge in [0.15, 0.2) is 5.16 Å². The molecule has 0 atom stereocenters. The molecule has 28 heavy (non-hydrogen) atoms. The molecule has 0 bridgehead atoms. The predicted molar refractivity (Wildman–Crippen MR) is 113 cm³/mol. The summed E-state index contributed by atoms with van der Waals surface area (Å²) in [6.07, 6.45) is 12.1. The van der Waals surface area contributed by atoms with Gasteiger partial charge in [0.25, 0.3) is 0 Å². The zero-order chi connectivity index (χ0) is 19.8. The van der Waals surface area contributed by atoms with E-state index in [1.54, 1.807) is 31.0 Å². The first-order valence-corrected chi connectivity index (χ1v) is 11.0. The smallest absolute Gasteiger partial charge is 0.243 e. The molecule has 1 aromatic heterocycles. The van der Waals surface area contributed by atoms with Crippen LogP contribution in [0.2, 0.25) is 0 Å². The topological polar surface area (TPSA) is 69.0 Å². The van der Waals surface area contributed by atoms with Crippen LogP contribution < -0.4 is 10.1 Å². The van der Waals surface area contributed by atoms with Crippen LogP contribution in [0, 0.1) is 0 Å². The lowest BCUT2D eigenvalue weighted by Gasteiger charge is -2.16. The Kier molecular flexibility index (Phi) is 7.54. The standard InChI is InChI=1S/C21H28N4O2S/c1-27-18-10-5-7-16(15-18)12-13-20(26)22-14-6-11-19-23-24-21(28-2)25(19)17-8-3-4-9-17/h5,7,10,12-13,15,17H,3-4,6,8-9,11,14H2,1-2H3,(H,22,26). The molecule has 0 aliphatic heterocycles. The molecule has 1 fully saturated rings. The predicted octanol–water partition coefficient (Wildman–Crippen LogP) is 3.89. The quantitative estimate of drug-likeness (QED) is 0.393. The summed E-state index contributed by atoms with van der Waals surface area (Å²) in [5.74, 6) is 1.72. The summed E-state index contributed by atoms with van der Waals surface area (Å²) in [4.78, 5) is 12.0. The van der Waals surface area contributed by atoms with Crippen molar-refractivity contribution < 1.29 is 9.53 Å². The summed E-state index contributed by atoms with van der Waals surface area (Å²) in [6.45, 7) is 0.618. The lowest BCUT2D eigenvalue weighted by molar-refractivity contribution is -0.116. The van der Waals surface area contributed by atoms with Gasteiger partial charge >= 0.3 is 0 Å². The molecule has 3 rings (SSSR count). The van der Waals surface area contributed by atoms with Gasteiger partial charge in [-0.15, -0.1) is 10.2 Å². The van der Waals surface area contributed by atoms with Crippen LogP contribution in [0.15, 0.2) is 35.5 Å². The van der Waals surface area contributed by atoms with Gasteiger partial charge in [0.05, 0.1) is 7.11 Å². The fourth-order valence-electron chi connectivity index (χ4n) is 3.58. The number of carbonyl (C=O) groups excluding carboxylic acids is 1. The summed E-state index contributed by atoms with van der Waals surface area (Å²) in [5, 5.41) is 12.7. The van der Waals surface area contributed by atoms with E-state index in [0.717, 1.165) is 35.1 Å².